The van der Waals surface area contributed by atoms with Gasteiger partial charge in [-0.05, 0) is 25.5 Å². The van der Waals surface area contributed by atoms with Gasteiger partial charge >= 0.3 is 5.97 Å². The molecule has 0 aliphatic heterocycles. The molecule has 0 fully saturated rings. The van der Waals surface area contributed by atoms with Crippen molar-refractivity contribution in [2.75, 3.05) is 6.61 Å². The minimum absolute atomic E-state index is 0.156. The lowest BCUT2D eigenvalue weighted by atomic mass is 10.0. The van der Waals surface area contributed by atoms with Crippen molar-refractivity contribution >= 4 is 33.3 Å². The predicted octanol–water partition coefficient (Wildman–Crippen LogP) is 3.53. The summed E-state index contributed by atoms with van der Waals surface area (Å²) in [6.07, 6.45) is -0.247. The Balaban J connectivity index is 2.41. The van der Waals surface area contributed by atoms with Crippen LogP contribution < -0.4 is 4.72 Å². The molecule has 28 heavy (non-hydrogen) atoms. The number of nitro benzene ring substituents is 1. The van der Waals surface area contributed by atoms with E-state index in [0.717, 1.165) is 23.8 Å². The van der Waals surface area contributed by atoms with Gasteiger partial charge in [-0.2, -0.15) is 0 Å². The van der Waals surface area contributed by atoms with Gasteiger partial charge in [-0.25, -0.2) is 13.1 Å². The fourth-order valence-electron chi connectivity index (χ4n) is 2.48. The lowest BCUT2D eigenvalue weighted by molar-refractivity contribution is -0.385. The van der Waals surface area contributed by atoms with Gasteiger partial charge in [0.25, 0.3) is 5.69 Å². The maximum atomic E-state index is 12.8. The Bertz CT molecular complexity index is 976. The molecule has 0 saturated heterocycles. The summed E-state index contributed by atoms with van der Waals surface area (Å²) >= 11 is 5.96. The van der Waals surface area contributed by atoms with E-state index in [1.165, 1.54) is 0 Å². The SMILES string of the molecule is CCOC(=O)CC(NS(=O)(=O)c1cc([N+](=O)[O-])ccc1Cl)c1ccc(C)cc1. The first kappa shape index (κ1) is 21.8. The van der Waals surface area contributed by atoms with Crippen LogP contribution in [0.4, 0.5) is 5.69 Å². The van der Waals surface area contributed by atoms with Gasteiger partial charge in [-0.15, -0.1) is 0 Å². The zero-order valence-electron chi connectivity index (χ0n) is 15.2. The van der Waals surface area contributed by atoms with Gasteiger partial charge in [-0.3, -0.25) is 14.9 Å². The molecule has 0 aliphatic carbocycles. The highest BCUT2D eigenvalue weighted by Gasteiger charge is 2.27. The van der Waals surface area contributed by atoms with Crippen molar-refractivity contribution in [2.45, 2.75) is 31.2 Å². The summed E-state index contributed by atoms with van der Waals surface area (Å²) in [5.74, 6) is -0.582. The van der Waals surface area contributed by atoms with Crippen LogP contribution in [0.25, 0.3) is 0 Å². The monoisotopic (exact) mass is 426 g/mol. The number of aryl methyl sites for hydroxylation is 1. The second kappa shape index (κ2) is 9.13. The molecule has 10 heteroatoms. The highest BCUT2D eigenvalue weighted by atomic mass is 35.5. The normalized spacial score (nSPS) is 12.4. The molecule has 0 radical (unpaired) electrons. The van der Waals surface area contributed by atoms with Crippen LogP contribution in [-0.4, -0.2) is 25.9 Å². The summed E-state index contributed by atoms with van der Waals surface area (Å²) in [7, 11) is -4.26. The molecule has 0 amide bonds. The van der Waals surface area contributed by atoms with Crippen molar-refractivity contribution in [2.24, 2.45) is 0 Å². The van der Waals surface area contributed by atoms with Gasteiger partial charge < -0.3 is 4.74 Å². The molecule has 0 bridgehead atoms. The number of benzene rings is 2. The molecule has 1 N–H and O–H groups in total. The number of nitrogens with one attached hydrogen (secondary N) is 1. The molecular weight excluding hydrogens is 408 g/mol. The smallest absolute Gasteiger partial charge is 0.307 e. The number of rotatable bonds is 8. The molecule has 150 valence electrons. The fraction of sp³-hybridized carbons (Fsp3) is 0.278. The Morgan fingerprint density at radius 1 is 1.25 bits per heavy atom. The standard InChI is InChI=1S/C18H19ClN2O6S/c1-3-27-18(22)11-16(13-6-4-12(2)5-7-13)20-28(25,26)17-10-14(21(23)24)8-9-15(17)19/h4-10,16,20H,3,11H2,1-2H3. The van der Waals surface area contributed by atoms with Crippen LogP contribution in [0.1, 0.15) is 30.5 Å². The number of non-ortho nitro benzene ring substituents is 1. The van der Waals surface area contributed by atoms with Gasteiger partial charge in [0.1, 0.15) is 4.90 Å². The summed E-state index contributed by atoms with van der Waals surface area (Å²) < 4.78 is 33.0. The molecule has 0 aliphatic rings. The highest BCUT2D eigenvalue weighted by molar-refractivity contribution is 7.89. The lowest BCUT2D eigenvalue weighted by Crippen LogP contribution is -2.31. The van der Waals surface area contributed by atoms with Crippen molar-refractivity contribution < 1.29 is 22.9 Å². The van der Waals surface area contributed by atoms with Gasteiger partial charge in [0.2, 0.25) is 10.0 Å². The average Bonchev–Trinajstić information content (AvgIpc) is 2.61. The largest absolute Gasteiger partial charge is 0.466 e. The lowest BCUT2D eigenvalue weighted by Gasteiger charge is -2.19. The van der Waals surface area contributed by atoms with Crippen LogP contribution in [0.3, 0.4) is 0 Å². The van der Waals surface area contributed by atoms with Crippen molar-refractivity contribution in [1.29, 1.82) is 0 Å². The van der Waals surface area contributed by atoms with Gasteiger partial charge in [0.05, 0.1) is 29.0 Å². The van der Waals surface area contributed by atoms with Gasteiger partial charge in [-0.1, -0.05) is 41.4 Å². The Kier molecular flexibility index (Phi) is 7.11. The summed E-state index contributed by atoms with van der Waals surface area (Å²) in [6.45, 7) is 3.67. The molecule has 1 unspecified atom stereocenters. The molecule has 8 nitrogen and oxygen atoms in total. The first-order valence-corrected chi connectivity index (χ1v) is 10.2. The topological polar surface area (TPSA) is 116 Å². The summed E-state index contributed by atoms with van der Waals surface area (Å²) in [6, 6.07) is 9.14. The fourth-order valence-corrected chi connectivity index (χ4v) is 4.22. The number of esters is 1. The van der Waals surface area contributed by atoms with E-state index in [4.69, 9.17) is 16.3 Å². The van der Waals surface area contributed by atoms with Crippen LogP contribution in [0.5, 0.6) is 0 Å². The van der Waals surface area contributed by atoms with E-state index in [0.29, 0.717) is 5.56 Å². The van der Waals surface area contributed by atoms with Crippen molar-refractivity contribution in [1.82, 2.24) is 4.72 Å². The number of ether oxygens (including phenoxy) is 1. The van der Waals surface area contributed by atoms with E-state index in [1.54, 1.807) is 31.2 Å². The third-order valence-corrected chi connectivity index (χ3v) is 5.82. The average molecular weight is 427 g/mol. The third kappa shape index (κ3) is 5.51. The first-order chi connectivity index (χ1) is 13.1. The van der Waals surface area contributed by atoms with Crippen molar-refractivity contribution in [3.8, 4) is 0 Å². The van der Waals surface area contributed by atoms with Gasteiger partial charge in [0, 0.05) is 12.1 Å². The second-order valence-electron chi connectivity index (χ2n) is 5.97. The van der Waals surface area contributed by atoms with E-state index >= 15 is 0 Å². The van der Waals surface area contributed by atoms with Crippen LogP contribution >= 0.6 is 11.6 Å². The molecule has 1 atom stereocenters. The van der Waals surface area contributed by atoms with E-state index in [1.807, 2.05) is 6.92 Å². The molecule has 2 aromatic rings. The molecule has 0 heterocycles. The van der Waals surface area contributed by atoms with Crippen LogP contribution in [0.2, 0.25) is 5.02 Å². The molecular formula is C18H19ClN2O6S. The predicted molar refractivity (Wildman–Crippen MR) is 104 cm³/mol. The molecule has 2 rings (SSSR count). The number of carbonyl (C=O) groups is 1. The van der Waals surface area contributed by atoms with E-state index in [2.05, 4.69) is 4.72 Å². The maximum Gasteiger partial charge on any atom is 0.307 e. The zero-order valence-corrected chi connectivity index (χ0v) is 16.8. The summed E-state index contributed by atoms with van der Waals surface area (Å²) in [5.41, 5.74) is 1.09. The molecule has 0 saturated carbocycles. The Morgan fingerprint density at radius 3 is 2.46 bits per heavy atom. The minimum atomic E-state index is -4.26. The van der Waals surface area contributed by atoms with E-state index < -0.39 is 37.5 Å². The molecule has 0 spiro atoms. The third-order valence-electron chi connectivity index (χ3n) is 3.87. The number of hydrogen-bond donors (Lipinski definition) is 1. The van der Waals surface area contributed by atoms with Crippen LogP contribution in [0, 0.1) is 17.0 Å². The number of nitrogens with zero attached hydrogens (tertiary/aromatic N) is 1. The van der Waals surface area contributed by atoms with E-state index in [9.17, 15) is 23.3 Å². The van der Waals surface area contributed by atoms with Crippen LogP contribution in [-0.2, 0) is 19.6 Å². The Labute approximate surface area is 167 Å². The number of hydrogen-bond acceptors (Lipinski definition) is 6. The molecule has 0 aromatic heterocycles. The van der Waals surface area contributed by atoms with Crippen molar-refractivity contribution in [3.63, 3.8) is 0 Å². The minimum Gasteiger partial charge on any atom is -0.466 e. The maximum absolute atomic E-state index is 12.8. The Hall–Kier alpha value is -2.49. The summed E-state index contributed by atoms with van der Waals surface area (Å²) in [5, 5.41) is 10.8. The quantitative estimate of drug-likeness (QED) is 0.392. The first-order valence-electron chi connectivity index (χ1n) is 8.32. The number of carbonyl (C=O) groups excluding carboxylic acids is 1. The molecule has 2 aromatic carbocycles. The van der Waals surface area contributed by atoms with Crippen molar-refractivity contribution in [3.05, 3.63) is 68.7 Å². The van der Waals surface area contributed by atoms with Crippen LogP contribution in [0.15, 0.2) is 47.4 Å². The second-order valence-corrected chi connectivity index (χ2v) is 8.06. The number of halogens is 1. The van der Waals surface area contributed by atoms with E-state index in [-0.39, 0.29) is 18.1 Å². The zero-order chi connectivity index (χ0) is 20.9. The number of nitro groups is 1. The Morgan fingerprint density at radius 2 is 1.89 bits per heavy atom. The van der Waals surface area contributed by atoms with Gasteiger partial charge in [0.15, 0.2) is 0 Å². The summed E-state index contributed by atoms with van der Waals surface area (Å²) in [4.78, 5) is 21.8. The number of sulfonamides is 1. The highest BCUT2D eigenvalue weighted by Crippen LogP contribution is 2.28.